The van der Waals surface area contributed by atoms with Gasteiger partial charge in [0.15, 0.2) is 0 Å². The smallest absolute Gasteiger partial charge is 0.324 e. The van der Waals surface area contributed by atoms with Gasteiger partial charge in [0.1, 0.15) is 6.04 Å². The first-order valence-corrected chi connectivity index (χ1v) is 8.43. The molecule has 0 aromatic rings. The molecule has 0 bridgehead atoms. The number of carboxylic acids is 1. The molecule has 0 amide bonds. The van der Waals surface area contributed by atoms with E-state index in [2.05, 4.69) is 4.72 Å². The molecule has 120 valence electrons. The van der Waals surface area contributed by atoms with E-state index in [0.29, 0.717) is 25.7 Å². The summed E-state index contributed by atoms with van der Waals surface area (Å²) in [6, 6.07) is -0.817. The number of carbonyl (C=O) groups excluding carboxylic acids is 1. The van der Waals surface area contributed by atoms with Crippen molar-refractivity contribution in [3.05, 3.63) is 0 Å². The number of carbonyl (C=O) groups is 2. The van der Waals surface area contributed by atoms with Crippen LogP contribution in [0.1, 0.15) is 32.6 Å². The quantitative estimate of drug-likeness (QED) is 0.623. The van der Waals surface area contributed by atoms with Crippen LogP contribution in [0.15, 0.2) is 0 Å². The molecule has 1 atom stereocenters. The Kier molecular flexibility index (Phi) is 4.54. The summed E-state index contributed by atoms with van der Waals surface area (Å²) in [5.41, 5.74) is -0.980. The average Bonchev–Trinajstić information content (AvgIpc) is 3.04. The Morgan fingerprint density at radius 2 is 2.10 bits per heavy atom. The molecule has 1 saturated heterocycles. The fraction of sp³-hybridized carbons (Fsp3) is 0.833. The number of ether oxygens (including phenoxy) is 1. The van der Waals surface area contributed by atoms with E-state index in [0.717, 1.165) is 4.31 Å². The van der Waals surface area contributed by atoms with E-state index in [1.807, 2.05) is 0 Å². The second-order valence-corrected chi connectivity index (χ2v) is 7.14. The summed E-state index contributed by atoms with van der Waals surface area (Å²) in [5, 5.41) is 9.05. The van der Waals surface area contributed by atoms with Crippen molar-refractivity contribution < 1.29 is 27.9 Å². The zero-order valence-electron chi connectivity index (χ0n) is 11.9. The lowest BCUT2D eigenvalue weighted by molar-refractivity contribution is -0.147. The number of aliphatic carboxylic acids is 1. The summed E-state index contributed by atoms with van der Waals surface area (Å²) in [6.07, 6.45) is 1.93. The predicted molar refractivity (Wildman–Crippen MR) is 72.6 cm³/mol. The standard InChI is InChI=1S/C12H20N2O6S/c1-2-20-10(15)9-4-3-7-14(9)21(18,19)13-8-12(5-6-12)11(16)17/h9,13H,2-8H2,1H3,(H,16,17). The largest absolute Gasteiger partial charge is 0.481 e. The lowest BCUT2D eigenvalue weighted by Crippen LogP contribution is -2.48. The number of esters is 1. The summed E-state index contributed by atoms with van der Waals surface area (Å²) in [6.45, 7) is 1.95. The van der Waals surface area contributed by atoms with E-state index in [-0.39, 0.29) is 19.7 Å². The average molecular weight is 320 g/mol. The Morgan fingerprint density at radius 3 is 2.62 bits per heavy atom. The van der Waals surface area contributed by atoms with Crippen molar-refractivity contribution in [1.82, 2.24) is 9.03 Å². The first-order valence-electron chi connectivity index (χ1n) is 6.99. The monoisotopic (exact) mass is 320 g/mol. The Hall–Kier alpha value is -1.19. The van der Waals surface area contributed by atoms with E-state index in [9.17, 15) is 18.0 Å². The number of hydrogen-bond acceptors (Lipinski definition) is 5. The van der Waals surface area contributed by atoms with E-state index in [4.69, 9.17) is 9.84 Å². The summed E-state index contributed by atoms with van der Waals surface area (Å²) >= 11 is 0. The van der Waals surface area contributed by atoms with Gasteiger partial charge in [-0.1, -0.05) is 0 Å². The summed E-state index contributed by atoms with van der Waals surface area (Å²) in [5.74, 6) is -1.55. The second-order valence-electron chi connectivity index (χ2n) is 5.43. The number of carboxylic acid groups (broad SMARTS) is 1. The molecule has 1 unspecified atom stereocenters. The Morgan fingerprint density at radius 1 is 1.43 bits per heavy atom. The minimum absolute atomic E-state index is 0.142. The molecule has 2 rings (SSSR count). The van der Waals surface area contributed by atoms with Gasteiger partial charge in [-0.25, -0.2) is 4.72 Å². The molecule has 1 aliphatic heterocycles. The van der Waals surface area contributed by atoms with Crippen molar-refractivity contribution in [3.8, 4) is 0 Å². The van der Waals surface area contributed by atoms with Crippen LogP contribution in [0.3, 0.4) is 0 Å². The Balaban J connectivity index is 2.01. The third-order valence-corrected chi connectivity index (χ3v) is 5.53. The van der Waals surface area contributed by atoms with Gasteiger partial charge in [-0.3, -0.25) is 9.59 Å². The van der Waals surface area contributed by atoms with Crippen LogP contribution in [0.2, 0.25) is 0 Å². The highest BCUT2D eigenvalue weighted by Gasteiger charge is 2.51. The van der Waals surface area contributed by atoms with Crippen molar-refractivity contribution in [2.45, 2.75) is 38.6 Å². The molecule has 2 aliphatic rings. The van der Waals surface area contributed by atoms with Gasteiger partial charge in [0.2, 0.25) is 0 Å². The lowest BCUT2D eigenvalue weighted by atomic mass is 10.1. The first kappa shape index (κ1) is 16.2. The van der Waals surface area contributed by atoms with Crippen LogP contribution in [-0.4, -0.2) is 55.5 Å². The molecule has 0 aromatic heterocycles. The first-order chi connectivity index (χ1) is 9.82. The molecule has 0 aromatic carbocycles. The fourth-order valence-corrected chi connectivity index (χ4v) is 3.95. The Labute approximate surface area is 123 Å². The zero-order valence-corrected chi connectivity index (χ0v) is 12.7. The molecular weight excluding hydrogens is 300 g/mol. The highest BCUT2D eigenvalue weighted by atomic mass is 32.2. The summed E-state index contributed by atoms with van der Waals surface area (Å²) in [4.78, 5) is 22.8. The molecule has 1 aliphatic carbocycles. The molecule has 9 heteroatoms. The van der Waals surface area contributed by atoms with Crippen LogP contribution in [0.25, 0.3) is 0 Å². The minimum Gasteiger partial charge on any atom is -0.481 e. The van der Waals surface area contributed by atoms with Gasteiger partial charge >= 0.3 is 11.9 Å². The van der Waals surface area contributed by atoms with E-state index in [1.165, 1.54) is 0 Å². The number of nitrogens with zero attached hydrogens (tertiary/aromatic N) is 1. The second kappa shape index (κ2) is 5.90. The van der Waals surface area contributed by atoms with E-state index < -0.39 is 33.6 Å². The molecular formula is C12H20N2O6S. The van der Waals surface area contributed by atoms with Crippen molar-refractivity contribution in [1.29, 1.82) is 0 Å². The number of hydrogen-bond donors (Lipinski definition) is 2. The Bertz CT molecular complexity index is 528. The lowest BCUT2D eigenvalue weighted by Gasteiger charge is -2.23. The molecule has 0 radical (unpaired) electrons. The van der Waals surface area contributed by atoms with Crippen LogP contribution in [0.4, 0.5) is 0 Å². The maximum Gasteiger partial charge on any atom is 0.324 e. The third kappa shape index (κ3) is 3.35. The van der Waals surface area contributed by atoms with Crippen molar-refractivity contribution >= 4 is 22.1 Å². The number of rotatable bonds is 7. The highest BCUT2D eigenvalue weighted by molar-refractivity contribution is 7.87. The van der Waals surface area contributed by atoms with Crippen LogP contribution < -0.4 is 4.72 Å². The van der Waals surface area contributed by atoms with Gasteiger partial charge in [-0.15, -0.1) is 0 Å². The van der Waals surface area contributed by atoms with Gasteiger partial charge in [0.25, 0.3) is 10.2 Å². The zero-order chi connectivity index (χ0) is 15.7. The van der Waals surface area contributed by atoms with Crippen LogP contribution in [0.5, 0.6) is 0 Å². The van der Waals surface area contributed by atoms with Crippen molar-refractivity contribution in [3.63, 3.8) is 0 Å². The van der Waals surface area contributed by atoms with Crippen LogP contribution in [0, 0.1) is 5.41 Å². The molecule has 1 heterocycles. The normalized spacial score (nSPS) is 24.7. The topological polar surface area (TPSA) is 113 Å². The van der Waals surface area contributed by atoms with Gasteiger partial charge in [-0.2, -0.15) is 12.7 Å². The van der Waals surface area contributed by atoms with Gasteiger partial charge < -0.3 is 9.84 Å². The fourth-order valence-electron chi connectivity index (χ4n) is 2.43. The predicted octanol–water partition coefficient (Wildman–Crippen LogP) is -0.287. The van der Waals surface area contributed by atoms with Crippen LogP contribution in [-0.2, 0) is 24.5 Å². The van der Waals surface area contributed by atoms with Gasteiger partial charge in [0.05, 0.1) is 12.0 Å². The van der Waals surface area contributed by atoms with E-state index >= 15 is 0 Å². The summed E-state index contributed by atoms with van der Waals surface area (Å²) < 4.78 is 32.8. The minimum atomic E-state index is -3.88. The molecule has 0 spiro atoms. The molecule has 2 N–H and O–H groups in total. The maximum absolute atomic E-state index is 12.3. The SMILES string of the molecule is CCOC(=O)C1CCCN1S(=O)(=O)NCC1(C(=O)O)CC1. The number of nitrogens with one attached hydrogen (secondary N) is 1. The molecule has 1 saturated carbocycles. The molecule has 2 fully saturated rings. The van der Waals surface area contributed by atoms with E-state index in [1.54, 1.807) is 6.92 Å². The van der Waals surface area contributed by atoms with Gasteiger partial charge in [-0.05, 0) is 32.6 Å². The molecule has 8 nitrogen and oxygen atoms in total. The van der Waals surface area contributed by atoms with Crippen molar-refractivity contribution in [2.75, 3.05) is 19.7 Å². The summed E-state index contributed by atoms with van der Waals surface area (Å²) in [7, 11) is -3.88. The van der Waals surface area contributed by atoms with Crippen LogP contribution >= 0.6 is 0 Å². The highest BCUT2D eigenvalue weighted by Crippen LogP contribution is 2.45. The van der Waals surface area contributed by atoms with Gasteiger partial charge in [0, 0.05) is 13.1 Å². The maximum atomic E-state index is 12.3. The van der Waals surface area contributed by atoms with Crippen molar-refractivity contribution in [2.24, 2.45) is 5.41 Å². The molecule has 21 heavy (non-hydrogen) atoms. The third-order valence-electron chi connectivity index (χ3n) is 3.97.